The van der Waals surface area contributed by atoms with Crippen molar-refractivity contribution >= 4 is 17.3 Å². The number of benzene rings is 2. The molecule has 3 heterocycles. The molecule has 5 rings (SSSR count). The summed E-state index contributed by atoms with van der Waals surface area (Å²) in [4.78, 5) is 17.8. The maximum atomic E-state index is 15.6. The van der Waals surface area contributed by atoms with Crippen LogP contribution in [0.4, 0.5) is 28.9 Å². The summed E-state index contributed by atoms with van der Waals surface area (Å²) in [5, 5.41) is 6.12. The Bertz CT molecular complexity index is 1200. The van der Waals surface area contributed by atoms with Crippen LogP contribution < -0.4 is 15.5 Å². The molecule has 2 atom stereocenters. The van der Waals surface area contributed by atoms with Crippen molar-refractivity contribution in [1.29, 1.82) is 0 Å². The number of piperidine rings is 1. The van der Waals surface area contributed by atoms with Gasteiger partial charge in [0.1, 0.15) is 11.6 Å². The summed E-state index contributed by atoms with van der Waals surface area (Å²) in [5.74, 6) is -1.98. The van der Waals surface area contributed by atoms with E-state index in [1.165, 1.54) is 18.2 Å². The second-order valence-corrected chi connectivity index (χ2v) is 11.3. The highest BCUT2D eigenvalue weighted by Gasteiger charge is 2.42. The van der Waals surface area contributed by atoms with Crippen molar-refractivity contribution in [3.05, 3.63) is 58.7 Å². The van der Waals surface area contributed by atoms with Gasteiger partial charge in [-0.3, -0.25) is 4.79 Å². The number of likely N-dealkylation sites (tertiary alicyclic amines) is 1. The first-order valence-electron chi connectivity index (χ1n) is 13.6. The fourth-order valence-electron chi connectivity index (χ4n) is 6.02. The summed E-state index contributed by atoms with van der Waals surface area (Å²) in [7, 11) is 2.05. The molecule has 212 valence electrons. The van der Waals surface area contributed by atoms with Crippen LogP contribution in [0.5, 0.6) is 0 Å². The number of ether oxygens (including phenoxy) is 1. The minimum absolute atomic E-state index is 0.00165. The Morgan fingerprint density at radius 3 is 2.54 bits per heavy atom. The minimum Gasteiger partial charge on any atom is -0.381 e. The van der Waals surface area contributed by atoms with E-state index in [2.05, 4.69) is 15.5 Å². The van der Waals surface area contributed by atoms with Crippen LogP contribution in [-0.4, -0.2) is 63.3 Å². The molecule has 2 N–H and O–H groups in total. The van der Waals surface area contributed by atoms with E-state index in [1.54, 1.807) is 13.0 Å². The van der Waals surface area contributed by atoms with Crippen molar-refractivity contribution in [2.75, 3.05) is 56.7 Å². The predicted molar refractivity (Wildman–Crippen MR) is 142 cm³/mol. The molecular weight excluding hydrogens is 512 g/mol. The molecule has 3 aliphatic rings. The summed E-state index contributed by atoms with van der Waals surface area (Å²) >= 11 is 0. The topological polar surface area (TPSA) is 56.8 Å². The summed E-state index contributed by atoms with van der Waals surface area (Å²) in [6.45, 7) is 5.97. The molecule has 2 aromatic rings. The van der Waals surface area contributed by atoms with E-state index in [0.29, 0.717) is 37.7 Å². The van der Waals surface area contributed by atoms with E-state index in [9.17, 15) is 18.0 Å². The van der Waals surface area contributed by atoms with Crippen LogP contribution in [-0.2, 0) is 4.74 Å². The Hall–Kier alpha value is -2.85. The largest absolute Gasteiger partial charge is 0.381 e. The third-order valence-corrected chi connectivity index (χ3v) is 8.48. The molecule has 1 spiro atoms. The van der Waals surface area contributed by atoms with Gasteiger partial charge >= 0.3 is 0 Å². The first-order chi connectivity index (χ1) is 18.7. The molecule has 2 aromatic carbocycles. The molecule has 1 amide bonds. The third-order valence-electron chi connectivity index (χ3n) is 8.48. The van der Waals surface area contributed by atoms with Crippen molar-refractivity contribution in [2.45, 2.75) is 51.1 Å². The second kappa shape index (κ2) is 11.3. The van der Waals surface area contributed by atoms with E-state index in [0.717, 1.165) is 44.8 Å². The van der Waals surface area contributed by atoms with Crippen molar-refractivity contribution < 1.29 is 27.1 Å². The molecule has 6 nitrogen and oxygen atoms in total. The van der Waals surface area contributed by atoms with Crippen LogP contribution in [0.1, 0.15) is 66.6 Å². The maximum Gasteiger partial charge on any atom is 0.266 e. The predicted octanol–water partition coefficient (Wildman–Crippen LogP) is 5.52. The highest BCUT2D eigenvalue weighted by molar-refractivity contribution is 6.01. The molecule has 0 radical (unpaired) electrons. The molecule has 0 aromatic heterocycles. The Morgan fingerprint density at radius 1 is 1.10 bits per heavy atom. The lowest BCUT2D eigenvalue weighted by Gasteiger charge is -2.31. The summed E-state index contributed by atoms with van der Waals surface area (Å²) in [6.07, 6.45) is 0.539. The van der Waals surface area contributed by atoms with E-state index in [-0.39, 0.29) is 22.6 Å². The molecule has 0 bridgehead atoms. The molecule has 0 saturated carbocycles. The maximum absolute atomic E-state index is 15.6. The number of hydrogen-bond donors (Lipinski definition) is 2. The van der Waals surface area contributed by atoms with Crippen LogP contribution in [0, 0.1) is 17.0 Å². The Kier molecular flexibility index (Phi) is 8.05. The standard InChI is InChI=1S/C29H36F4N4O2/c1-18(20-4-3-5-21(26(20)31)27(32)33)34-28(38)22-14-25(37-12-8-29(16-37)9-13-39-17-29)23(30)15-24(22)35-19-6-10-36(2)11-7-19/h3-5,14-15,18-19,27,35H,6-13,16-17H2,1-2H3,(H,34,38)/t18-,29+/m1/s1. The molecule has 39 heavy (non-hydrogen) atoms. The number of nitrogens with one attached hydrogen (secondary N) is 2. The van der Waals surface area contributed by atoms with Gasteiger partial charge in [-0.2, -0.15) is 0 Å². The van der Waals surface area contributed by atoms with Crippen LogP contribution >= 0.6 is 0 Å². The normalized spacial score (nSPS) is 23.1. The first-order valence-corrected chi connectivity index (χ1v) is 13.6. The number of halogens is 4. The minimum atomic E-state index is -2.97. The summed E-state index contributed by atoms with van der Waals surface area (Å²) < 4.78 is 62.5. The van der Waals surface area contributed by atoms with Gasteiger partial charge in [-0.15, -0.1) is 0 Å². The zero-order valence-electron chi connectivity index (χ0n) is 22.4. The quantitative estimate of drug-likeness (QED) is 0.447. The van der Waals surface area contributed by atoms with Gasteiger partial charge in [0.25, 0.3) is 12.3 Å². The van der Waals surface area contributed by atoms with Crippen molar-refractivity contribution in [2.24, 2.45) is 5.41 Å². The number of amides is 1. The van der Waals surface area contributed by atoms with E-state index >= 15 is 4.39 Å². The van der Waals surface area contributed by atoms with Crippen LogP contribution in [0.15, 0.2) is 30.3 Å². The van der Waals surface area contributed by atoms with Gasteiger partial charge in [0, 0.05) is 36.7 Å². The highest BCUT2D eigenvalue weighted by atomic mass is 19.3. The van der Waals surface area contributed by atoms with Crippen LogP contribution in [0.2, 0.25) is 0 Å². The lowest BCUT2D eigenvalue weighted by molar-refractivity contribution is 0.0940. The Balaban J connectivity index is 1.43. The molecular formula is C29H36F4N4O2. The van der Waals surface area contributed by atoms with E-state index in [1.807, 2.05) is 11.9 Å². The molecule has 3 fully saturated rings. The lowest BCUT2D eigenvalue weighted by Crippen LogP contribution is -2.37. The monoisotopic (exact) mass is 548 g/mol. The molecule has 10 heteroatoms. The van der Waals surface area contributed by atoms with Crippen molar-refractivity contribution in [3.8, 4) is 0 Å². The van der Waals surface area contributed by atoms with Gasteiger partial charge < -0.3 is 25.2 Å². The van der Waals surface area contributed by atoms with Crippen molar-refractivity contribution in [1.82, 2.24) is 10.2 Å². The fourth-order valence-corrected chi connectivity index (χ4v) is 6.02. The van der Waals surface area contributed by atoms with Crippen LogP contribution in [0.3, 0.4) is 0 Å². The zero-order valence-corrected chi connectivity index (χ0v) is 22.4. The van der Waals surface area contributed by atoms with E-state index in [4.69, 9.17) is 4.74 Å². The average Bonchev–Trinajstić information content (AvgIpc) is 3.54. The van der Waals surface area contributed by atoms with Gasteiger partial charge in [0.05, 0.1) is 35.2 Å². The second-order valence-electron chi connectivity index (χ2n) is 11.3. The molecule has 3 saturated heterocycles. The van der Waals surface area contributed by atoms with Gasteiger partial charge in [-0.05, 0) is 64.9 Å². The van der Waals surface area contributed by atoms with Gasteiger partial charge in [0.2, 0.25) is 0 Å². The smallest absolute Gasteiger partial charge is 0.266 e. The number of nitrogens with zero attached hydrogens (tertiary/aromatic N) is 2. The highest BCUT2D eigenvalue weighted by Crippen LogP contribution is 2.41. The fraction of sp³-hybridized carbons (Fsp3) is 0.552. The number of rotatable bonds is 7. The van der Waals surface area contributed by atoms with Crippen molar-refractivity contribution in [3.63, 3.8) is 0 Å². The Morgan fingerprint density at radius 2 is 1.85 bits per heavy atom. The number of carbonyl (C=O) groups is 1. The summed E-state index contributed by atoms with van der Waals surface area (Å²) in [6, 6.07) is 5.89. The number of anilines is 2. The number of hydrogen-bond acceptors (Lipinski definition) is 5. The number of alkyl halides is 2. The lowest BCUT2D eigenvalue weighted by atomic mass is 9.87. The zero-order chi connectivity index (χ0) is 27.7. The first kappa shape index (κ1) is 27.7. The SMILES string of the molecule is C[C@@H](NC(=O)c1cc(N2CC[C@]3(CCOC3)C2)c(F)cc1NC1CCN(C)CC1)c1cccc(C(F)F)c1F. The molecule has 3 aliphatic heterocycles. The molecule has 0 aliphatic carbocycles. The summed E-state index contributed by atoms with van der Waals surface area (Å²) in [5.41, 5.74) is 0.219. The average molecular weight is 549 g/mol. The van der Waals surface area contributed by atoms with E-state index < -0.39 is 35.6 Å². The van der Waals surface area contributed by atoms with Gasteiger partial charge in [-0.25, -0.2) is 17.6 Å². The van der Waals surface area contributed by atoms with Crippen LogP contribution in [0.25, 0.3) is 0 Å². The third kappa shape index (κ3) is 5.87. The van der Waals surface area contributed by atoms with Gasteiger partial charge in [0.15, 0.2) is 0 Å². The number of carbonyl (C=O) groups excluding carboxylic acids is 1. The molecule has 0 unspecified atom stereocenters. The Labute approximate surface area is 226 Å². The van der Waals surface area contributed by atoms with Gasteiger partial charge in [-0.1, -0.05) is 18.2 Å².